The molecule has 0 aliphatic rings. The second-order valence-electron chi connectivity index (χ2n) is 2.90. The minimum Gasteiger partial charge on any atom is -0.255 e. The van der Waals surface area contributed by atoms with Gasteiger partial charge in [0.1, 0.15) is 0 Å². The lowest BCUT2D eigenvalue weighted by atomic mass is 10.1. The molecule has 2 heteroatoms. The quantitative estimate of drug-likeness (QED) is 0.686. The molecule has 0 saturated carbocycles. The zero-order valence-corrected chi connectivity index (χ0v) is 8.57. The molecule has 0 fully saturated rings. The molecule has 0 aromatic heterocycles. The van der Waals surface area contributed by atoms with Gasteiger partial charge in [-0.2, -0.15) is 0 Å². The fraction of sp³-hybridized carbons (Fsp3) is 0.400. The van der Waals surface area contributed by atoms with Crippen molar-refractivity contribution in [3.05, 3.63) is 29.3 Å². The summed E-state index contributed by atoms with van der Waals surface area (Å²) in [6, 6.07) is 6.02. The number of hydrogen-bond donors (Lipinski definition) is 0. The van der Waals surface area contributed by atoms with E-state index < -0.39 is 10.8 Å². The Morgan fingerprint density at radius 3 is 2.50 bits per heavy atom. The van der Waals surface area contributed by atoms with Crippen molar-refractivity contribution in [3.63, 3.8) is 0 Å². The van der Waals surface area contributed by atoms with Crippen molar-refractivity contribution in [1.29, 1.82) is 0 Å². The molecule has 1 rings (SSSR count). The first-order valence-electron chi connectivity index (χ1n) is 4.08. The Labute approximate surface area is 76.3 Å². The van der Waals surface area contributed by atoms with Crippen LogP contribution in [0.2, 0.25) is 0 Å². The predicted molar refractivity (Wildman–Crippen MR) is 52.9 cm³/mol. The molecule has 0 saturated heterocycles. The van der Waals surface area contributed by atoms with Crippen molar-refractivity contribution in [2.45, 2.75) is 25.2 Å². The predicted octanol–water partition coefficient (Wildman–Crippen LogP) is 2.29. The molecule has 0 aliphatic heterocycles. The van der Waals surface area contributed by atoms with E-state index in [9.17, 15) is 4.21 Å². The summed E-state index contributed by atoms with van der Waals surface area (Å²) in [5, 5.41) is 0. The van der Waals surface area contributed by atoms with Crippen molar-refractivity contribution in [3.8, 4) is 0 Å². The Morgan fingerprint density at radius 1 is 1.42 bits per heavy atom. The van der Waals surface area contributed by atoms with Gasteiger partial charge in [0.15, 0.2) is 0 Å². The number of rotatable bonds is 2. The van der Waals surface area contributed by atoms with Crippen molar-refractivity contribution in [2.24, 2.45) is 0 Å². The highest BCUT2D eigenvalue weighted by Gasteiger charge is 2.00. The van der Waals surface area contributed by atoms with Gasteiger partial charge in [0, 0.05) is 22.0 Å². The molecule has 0 aliphatic carbocycles. The molecule has 0 spiro atoms. The number of hydrogen-bond acceptors (Lipinski definition) is 1. The highest BCUT2D eigenvalue weighted by molar-refractivity contribution is 7.84. The normalized spacial score (nSPS) is 12.9. The molecule has 1 atom stereocenters. The van der Waals surface area contributed by atoms with Gasteiger partial charge in [-0.15, -0.1) is 0 Å². The zero-order valence-electron chi connectivity index (χ0n) is 7.76. The zero-order chi connectivity index (χ0) is 9.14. The van der Waals surface area contributed by atoms with Gasteiger partial charge in [0.2, 0.25) is 0 Å². The lowest BCUT2D eigenvalue weighted by Crippen LogP contribution is -1.91. The van der Waals surface area contributed by atoms with Crippen LogP contribution < -0.4 is 0 Å². The molecule has 0 heterocycles. The average molecular weight is 182 g/mol. The van der Waals surface area contributed by atoms with E-state index in [-0.39, 0.29) is 0 Å². The van der Waals surface area contributed by atoms with E-state index in [1.54, 1.807) is 6.26 Å². The van der Waals surface area contributed by atoms with Crippen molar-refractivity contribution in [1.82, 2.24) is 0 Å². The smallest absolute Gasteiger partial charge is 0.0498 e. The van der Waals surface area contributed by atoms with Crippen LogP contribution in [0.25, 0.3) is 0 Å². The standard InChI is InChI=1S/C10H14OS/c1-4-9-5-6-10(12(3)11)7-8(9)2/h5-7H,4H2,1-3H3. The summed E-state index contributed by atoms with van der Waals surface area (Å²) in [5.74, 6) is 0. The summed E-state index contributed by atoms with van der Waals surface area (Å²) in [6.45, 7) is 4.19. The third kappa shape index (κ3) is 1.95. The maximum Gasteiger partial charge on any atom is 0.0498 e. The van der Waals surface area contributed by atoms with E-state index in [0.717, 1.165) is 11.3 Å². The molecule has 1 unspecified atom stereocenters. The monoisotopic (exact) mass is 182 g/mol. The first-order chi connectivity index (χ1) is 5.65. The molecular formula is C10H14OS. The van der Waals surface area contributed by atoms with Crippen LogP contribution >= 0.6 is 0 Å². The SMILES string of the molecule is CCc1ccc(S(C)=O)cc1C. The van der Waals surface area contributed by atoms with Crippen LogP contribution in [0.4, 0.5) is 0 Å². The van der Waals surface area contributed by atoms with E-state index in [2.05, 4.69) is 19.9 Å². The maximum atomic E-state index is 11.1. The second kappa shape index (κ2) is 3.85. The number of aryl methyl sites for hydroxylation is 2. The van der Waals surface area contributed by atoms with Crippen LogP contribution in [0.3, 0.4) is 0 Å². The topological polar surface area (TPSA) is 17.1 Å². The van der Waals surface area contributed by atoms with Crippen LogP contribution in [-0.4, -0.2) is 10.5 Å². The minimum absolute atomic E-state index is 0.849. The Bertz CT molecular complexity index is 305. The van der Waals surface area contributed by atoms with Crippen LogP contribution in [0.5, 0.6) is 0 Å². The highest BCUT2D eigenvalue weighted by atomic mass is 32.2. The molecule has 0 bridgehead atoms. The van der Waals surface area contributed by atoms with Crippen LogP contribution in [0.15, 0.2) is 23.1 Å². The van der Waals surface area contributed by atoms with Crippen molar-refractivity contribution in [2.75, 3.05) is 6.26 Å². The maximum absolute atomic E-state index is 11.1. The lowest BCUT2D eigenvalue weighted by Gasteiger charge is -2.03. The first kappa shape index (κ1) is 9.46. The molecule has 0 amide bonds. The van der Waals surface area contributed by atoms with Gasteiger partial charge in [0.25, 0.3) is 0 Å². The Balaban J connectivity index is 3.10. The van der Waals surface area contributed by atoms with Crippen LogP contribution in [0.1, 0.15) is 18.1 Å². The van der Waals surface area contributed by atoms with Gasteiger partial charge in [0.05, 0.1) is 0 Å². The van der Waals surface area contributed by atoms with Gasteiger partial charge in [-0.3, -0.25) is 4.21 Å². The van der Waals surface area contributed by atoms with E-state index in [1.165, 1.54) is 11.1 Å². The van der Waals surface area contributed by atoms with E-state index >= 15 is 0 Å². The van der Waals surface area contributed by atoms with Gasteiger partial charge < -0.3 is 0 Å². The van der Waals surface area contributed by atoms with Gasteiger partial charge in [-0.05, 0) is 36.6 Å². The van der Waals surface area contributed by atoms with E-state index in [4.69, 9.17) is 0 Å². The Hall–Kier alpha value is -0.630. The summed E-state index contributed by atoms with van der Waals surface area (Å²) in [5.41, 5.74) is 2.58. The second-order valence-corrected chi connectivity index (χ2v) is 4.28. The summed E-state index contributed by atoms with van der Waals surface area (Å²) >= 11 is 0. The third-order valence-corrected chi connectivity index (χ3v) is 2.94. The van der Waals surface area contributed by atoms with Gasteiger partial charge >= 0.3 is 0 Å². The number of benzene rings is 1. The summed E-state index contributed by atoms with van der Waals surface area (Å²) < 4.78 is 11.1. The average Bonchev–Trinajstić information content (AvgIpc) is 2.04. The fourth-order valence-electron chi connectivity index (χ4n) is 1.24. The summed E-state index contributed by atoms with van der Waals surface area (Å²) in [6.07, 6.45) is 2.75. The van der Waals surface area contributed by atoms with Crippen LogP contribution in [0, 0.1) is 6.92 Å². The van der Waals surface area contributed by atoms with Gasteiger partial charge in [-0.25, -0.2) is 0 Å². The first-order valence-corrected chi connectivity index (χ1v) is 5.64. The molecular weight excluding hydrogens is 168 g/mol. The largest absolute Gasteiger partial charge is 0.255 e. The highest BCUT2D eigenvalue weighted by Crippen LogP contribution is 2.13. The fourth-order valence-corrected chi connectivity index (χ4v) is 1.85. The molecule has 0 radical (unpaired) electrons. The van der Waals surface area contributed by atoms with E-state index in [1.807, 2.05) is 12.1 Å². The van der Waals surface area contributed by atoms with E-state index in [0.29, 0.717) is 0 Å². The molecule has 12 heavy (non-hydrogen) atoms. The minimum atomic E-state index is -0.849. The third-order valence-electron chi connectivity index (χ3n) is 2.03. The summed E-state index contributed by atoms with van der Waals surface area (Å²) in [4.78, 5) is 0.921. The van der Waals surface area contributed by atoms with Crippen molar-refractivity contribution < 1.29 is 4.21 Å². The van der Waals surface area contributed by atoms with Gasteiger partial charge in [-0.1, -0.05) is 13.0 Å². The summed E-state index contributed by atoms with van der Waals surface area (Å²) in [7, 11) is -0.849. The van der Waals surface area contributed by atoms with Crippen LogP contribution in [-0.2, 0) is 17.2 Å². The Morgan fingerprint density at radius 2 is 2.08 bits per heavy atom. The molecule has 1 aromatic carbocycles. The Kier molecular flexibility index (Phi) is 3.04. The molecule has 1 nitrogen and oxygen atoms in total. The lowest BCUT2D eigenvalue weighted by molar-refractivity contribution is 0.686. The molecule has 66 valence electrons. The molecule has 0 N–H and O–H groups in total. The molecule has 1 aromatic rings. The van der Waals surface area contributed by atoms with Crippen molar-refractivity contribution >= 4 is 10.8 Å².